The molecule has 0 aliphatic carbocycles. The average molecular weight is 444 g/mol. The highest BCUT2D eigenvalue weighted by atomic mass is 35.5. The van der Waals surface area contributed by atoms with E-state index in [1.54, 1.807) is 36.5 Å². The van der Waals surface area contributed by atoms with E-state index in [-0.39, 0.29) is 10.0 Å². The molecule has 0 fully saturated rings. The van der Waals surface area contributed by atoms with Crippen LogP contribution in [0, 0.1) is 20.8 Å². The van der Waals surface area contributed by atoms with Gasteiger partial charge in [-0.15, -0.1) is 0 Å². The molecule has 0 aliphatic heterocycles. The Labute approximate surface area is 181 Å². The number of amides is 1. The molecule has 0 aliphatic rings. The molecule has 3 aromatic rings. The summed E-state index contributed by atoms with van der Waals surface area (Å²) in [5, 5.41) is 2.81. The standard InChI is InChI=1S/C22H22ClN3O3S/c1-15-9-10-17(3)20(12-15)26(30(28,29)18-7-5-4-6-8-18)14-21(27)25-19-11-16(2)13-24-22(19)23/h4-13H,14H2,1-3H3,(H,25,27). The number of hydrogen-bond donors (Lipinski definition) is 1. The molecule has 3 rings (SSSR count). The third kappa shape index (κ3) is 4.80. The predicted molar refractivity (Wildman–Crippen MR) is 120 cm³/mol. The Morgan fingerprint density at radius 1 is 1.03 bits per heavy atom. The predicted octanol–water partition coefficient (Wildman–Crippen LogP) is 4.49. The number of anilines is 2. The van der Waals surface area contributed by atoms with Crippen LogP contribution in [-0.4, -0.2) is 25.9 Å². The highest BCUT2D eigenvalue weighted by Crippen LogP contribution is 2.28. The monoisotopic (exact) mass is 443 g/mol. The molecule has 8 heteroatoms. The van der Waals surface area contributed by atoms with Gasteiger partial charge in [-0.2, -0.15) is 0 Å². The van der Waals surface area contributed by atoms with Crippen LogP contribution in [0.4, 0.5) is 11.4 Å². The van der Waals surface area contributed by atoms with Gasteiger partial charge in [0.15, 0.2) is 5.15 Å². The van der Waals surface area contributed by atoms with Crippen molar-refractivity contribution in [3.05, 3.63) is 82.6 Å². The van der Waals surface area contributed by atoms with Gasteiger partial charge in [-0.05, 0) is 61.7 Å². The van der Waals surface area contributed by atoms with Gasteiger partial charge in [0.25, 0.3) is 10.0 Å². The zero-order chi connectivity index (χ0) is 21.9. The van der Waals surface area contributed by atoms with E-state index in [1.807, 2.05) is 32.9 Å². The second-order valence-corrected chi connectivity index (χ2v) is 9.23. The van der Waals surface area contributed by atoms with Crippen molar-refractivity contribution in [3.8, 4) is 0 Å². The van der Waals surface area contributed by atoms with Crippen LogP contribution >= 0.6 is 11.6 Å². The molecule has 1 N–H and O–H groups in total. The van der Waals surface area contributed by atoms with Gasteiger partial charge < -0.3 is 5.32 Å². The molecule has 0 saturated carbocycles. The first kappa shape index (κ1) is 21.8. The molecule has 0 radical (unpaired) electrons. The lowest BCUT2D eigenvalue weighted by Gasteiger charge is -2.26. The minimum atomic E-state index is -3.98. The maximum absolute atomic E-state index is 13.4. The Morgan fingerprint density at radius 2 is 1.73 bits per heavy atom. The van der Waals surface area contributed by atoms with E-state index < -0.39 is 22.5 Å². The summed E-state index contributed by atoms with van der Waals surface area (Å²) < 4.78 is 27.9. The number of aryl methyl sites for hydroxylation is 3. The lowest BCUT2D eigenvalue weighted by Crippen LogP contribution is -2.38. The fourth-order valence-corrected chi connectivity index (χ4v) is 4.62. The number of aromatic nitrogens is 1. The van der Waals surface area contributed by atoms with Crippen LogP contribution in [0.5, 0.6) is 0 Å². The van der Waals surface area contributed by atoms with Crippen LogP contribution in [0.3, 0.4) is 0 Å². The molecule has 2 aromatic carbocycles. The summed E-state index contributed by atoms with van der Waals surface area (Å²) in [4.78, 5) is 16.9. The summed E-state index contributed by atoms with van der Waals surface area (Å²) in [6.45, 7) is 5.09. The van der Waals surface area contributed by atoms with E-state index in [4.69, 9.17) is 11.6 Å². The zero-order valence-corrected chi connectivity index (χ0v) is 18.5. The molecular weight excluding hydrogens is 422 g/mol. The zero-order valence-electron chi connectivity index (χ0n) is 16.9. The van der Waals surface area contributed by atoms with Crippen molar-refractivity contribution in [1.29, 1.82) is 0 Å². The van der Waals surface area contributed by atoms with E-state index in [9.17, 15) is 13.2 Å². The van der Waals surface area contributed by atoms with Crippen molar-refractivity contribution in [3.63, 3.8) is 0 Å². The Hall–Kier alpha value is -2.90. The number of halogens is 1. The van der Waals surface area contributed by atoms with Crippen LogP contribution in [-0.2, 0) is 14.8 Å². The summed E-state index contributed by atoms with van der Waals surface area (Å²) in [5.74, 6) is -0.523. The lowest BCUT2D eigenvalue weighted by molar-refractivity contribution is -0.114. The summed E-state index contributed by atoms with van der Waals surface area (Å²) in [5.41, 5.74) is 3.22. The largest absolute Gasteiger partial charge is 0.322 e. The summed E-state index contributed by atoms with van der Waals surface area (Å²) in [7, 11) is -3.98. The molecular formula is C22H22ClN3O3S. The normalized spacial score (nSPS) is 11.2. The molecule has 156 valence electrons. The number of nitrogens with zero attached hydrogens (tertiary/aromatic N) is 2. The van der Waals surface area contributed by atoms with Crippen LogP contribution < -0.4 is 9.62 Å². The molecule has 0 saturated heterocycles. The fourth-order valence-electron chi connectivity index (χ4n) is 2.97. The summed E-state index contributed by atoms with van der Waals surface area (Å²) >= 11 is 6.07. The molecule has 0 atom stereocenters. The fraction of sp³-hybridized carbons (Fsp3) is 0.182. The molecule has 1 heterocycles. The van der Waals surface area contributed by atoms with Crippen LogP contribution in [0.25, 0.3) is 0 Å². The van der Waals surface area contributed by atoms with Crippen molar-refractivity contribution in [2.75, 3.05) is 16.2 Å². The minimum Gasteiger partial charge on any atom is -0.322 e. The van der Waals surface area contributed by atoms with E-state index in [1.165, 1.54) is 12.1 Å². The second kappa shape index (κ2) is 8.85. The third-order valence-electron chi connectivity index (χ3n) is 4.50. The van der Waals surface area contributed by atoms with Crippen molar-refractivity contribution in [2.24, 2.45) is 0 Å². The highest BCUT2D eigenvalue weighted by molar-refractivity contribution is 7.92. The number of sulfonamides is 1. The van der Waals surface area contributed by atoms with E-state index in [0.717, 1.165) is 21.0 Å². The molecule has 0 unspecified atom stereocenters. The van der Waals surface area contributed by atoms with Crippen LogP contribution in [0.1, 0.15) is 16.7 Å². The second-order valence-electron chi connectivity index (χ2n) is 7.01. The first-order chi connectivity index (χ1) is 14.2. The SMILES string of the molecule is Cc1cnc(Cl)c(NC(=O)CN(c2cc(C)ccc2C)S(=O)(=O)c2ccccc2)c1. The van der Waals surface area contributed by atoms with E-state index in [2.05, 4.69) is 10.3 Å². The summed E-state index contributed by atoms with van der Waals surface area (Å²) in [6.07, 6.45) is 1.58. The number of carbonyl (C=O) groups excluding carboxylic acids is 1. The highest BCUT2D eigenvalue weighted by Gasteiger charge is 2.28. The van der Waals surface area contributed by atoms with E-state index in [0.29, 0.717) is 11.4 Å². The molecule has 0 spiro atoms. The topological polar surface area (TPSA) is 79.4 Å². The van der Waals surface area contributed by atoms with Gasteiger partial charge in [-0.1, -0.05) is 41.9 Å². The molecule has 0 bridgehead atoms. The maximum atomic E-state index is 13.4. The Bertz CT molecular complexity index is 1180. The van der Waals surface area contributed by atoms with Crippen LogP contribution in [0.15, 0.2) is 65.7 Å². The van der Waals surface area contributed by atoms with Gasteiger partial charge in [0.05, 0.1) is 16.3 Å². The molecule has 30 heavy (non-hydrogen) atoms. The lowest BCUT2D eigenvalue weighted by atomic mass is 10.1. The van der Waals surface area contributed by atoms with Crippen molar-refractivity contribution >= 4 is 38.9 Å². The number of benzene rings is 2. The Balaban J connectivity index is 2.01. The van der Waals surface area contributed by atoms with Gasteiger partial charge in [0.2, 0.25) is 5.91 Å². The Kier molecular flexibility index (Phi) is 6.43. The maximum Gasteiger partial charge on any atom is 0.264 e. The quantitative estimate of drug-likeness (QED) is 0.569. The first-order valence-electron chi connectivity index (χ1n) is 9.25. The van der Waals surface area contributed by atoms with Gasteiger partial charge >= 0.3 is 0 Å². The van der Waals surface area contributed by atoms with Crippen molar-refractivity contribution < 1.29 is 13.2 Å². The van der Waals surface area contributed by atoms with Crippen molar-refractivity contribution in [1.82, 2.24) is 4.98 Å². The van der Waals surface area contributed by atoms with Gasteiger partial charge in [-0.3, -0.25) is 9.10 Å². The van der Waals surface area contributed by atoms with Crippen LogP contribution in [0.2, 0.25) is 5.15 Å². The number of rotatable bonds is 6. The third-order valence-corrected chi connectivity index (χ3v) is 6.58. The smallest absolute Gasteiger partial charge is 0.264 e. The number of carbonyl (C=O) groups is 1. The van der Waals surface area contributed by atoms with Gasteiger partial charge in [-0.25, -0.2) is 13.4 Å². The van der Waals surface area contributed by atoms with E-state index >= 15 is 0 Å². The Morgan fingerprint density at radius 3 is 2.43 bits per heavy atom. The summed E-state index contributed by atoms with van der Waals surface area (Å²) in [6, 6.07) is 15.2. The number of nitrogens with one attached hydrogen (secondary N) is 1. The first-order valence-corrected chi connectivity index (χ1v) is 11.1. The van der Waals surface area contributed by atoms with Gasteiger partial charge in [0, 0.05) is 6.20 Å². The van der Waals surface area contributed by atoms with Gasteiger partial charge in [0.1, 0.15) is 6.54 Å². The molecule has 6 nitrogen and oxygen atoms in total. The van der Waals surface area contributed by atoms with Crippen molar-refractivity contribution in [2.45, 2.75) is 25.7 Å². The average Bonchev–Trinajstić information content (AvgIpc) is 2.71. The molecule has 1 amide bonds. The number of pyridine rings is 1. The minimum absolute atomic E-state index is 0.106. The molecule has 1 aromatic heterocycles. The number of hydrogen-bond acceptors (Lipinski definition) is 4.